The summed E-state index contributed by atoms with van der Waals surface area (Å²) in [6.45, 7) is 7.85. The van der Waals surface area contributed by atoms with Gasteiger partial charge in [-0.1, -0.05) is 0 Å². The second kappa shape index (κ2) is 5.84. The number of rotatable bonds is 5. The van der Waals surface area contributed by atoms with Gasteiger partial charge in [0, 0.05) is 0 Å². The van der Waals surface area contributed by atoms with Gasteiger partial charge in [0.25, 0.3) is 0 Å². The summed E-state index contributed by atoms with van der Waals surface area (Å²) in [4.78, 5) is 17.0. The lowest BCUT2D eigenvalue weighted by atomic mass is 10.2. The summed E-state index contributed by atoms with van der Waals surface area (Å²) in [6.07, 6.45) is 1.58. The van der Waals surface area contributed by atoms with E-state index in [0.29, 0.717) is 6.54 Å². The number of nitrogens with one attached hydrogen (secondary N) is 2. The summed E-state index contributed by atoms with van der Waals surface area (Å²) in [6, 6.07) is 3.18. The molecule has 1 heterocycles. The zero-order chi connectivity index (χ0) is 12.9. The van der Waals surface area contributed by atoms with Crippen molar-refractivity contribution in [2.75, 3.05) is 0 Å². The maximum atomic E-state index is 11.7. The molecule has 1 aromatic rings. The molecule has 1 rings (SSSR count). The van der Waals surface area contributed by atoms with Crippen molar-refractivity contribution in [2.45, 2.75) is 45.9 Å². The maximum Gasteiger partial charge on any atom is 0.239 e. The predicted molar refractivity (Wildman–Crippen MR) is 64.0 cm³/mol. The van der Waals surface area contributed by atoms with E-state index in [9.17, 15) is 4.79 Å². The van der Waals surface area contributed by atoms with E-state index in [2.05, 4.69) is 10.8 Å². The molecule has 0 radical (unpaired) electrons. The normalized spacial score (nSPS) is 13.4. The van der Waals surface area contributed by atoms with Crippen LogP contribution >= 0.6 is 0 Å². The molecule has 5 nitrogen and oxygen atoms in total. The second-order valence-corrected chi connectivity index (χ2v) is 4.85. The van der Waals surface area contributed by atoms with E-state index in [1.165, 1.54) is 0 Å². The zero-order valence-corrected chi connectivity index (χ0v) is 10.7. The van der Waals surface area contributed by atoms with Crippen molar-refractivity contribution >= 4 is 5.91 Å². The number of hydroxylamine groups is 1. The van der Waals surface area contributed by atoms with Crippen LogP contribution in [0.25, 0.3) is 0 Å². The lowest BCUT2D eigenvalue weighted by molar-refractivity contribution is -0.133. The molecule has 0 aliphatic rings. The summed E-state index contributed by atoms with van der Waals surface area (Å²) in [7, 11) is 0. The molecule has 17 heavy (non-hydrogen) atoms. The second-order valence-electron chi connectivity index (χ2n) is 4.85. The van der Waals surface area contributed by atoms with Crippen molar-refractivity contribution < 1.29 is 14.0 Å². The van der Waals surface area contributed by atoms with Gasteiger partial charge >= 0.3 is 0 Å². The molecule has 96 valence electrons. The average Bonchev–Trinajstić information content (AvgIpc) is 2.74. The van der Waals surface area contributed by atoms with E-state index in [4.69, 9.17) is 9.25 Å². The van der Waals surface area contributed by atoms with Crippen molar-refractivity contribution in [3.63, 3.8) is 0 Å². The van der Waals surface area contributed by atoms with Crippen molar-refractivity contribution in [3.8, 4) is 0 Å². The first-order valence-electron chi connectivity index (χ1n) is 5.62. The van der Waals surface area contributed by atoms with Crippen LogP contribution < -0.4 is 10.8 Å². The highest BCUT2D eigenvalue weighted by Crippen LogP contribution is 2.04. The third-order valence-electron chi connectivity index (χ3n) is 1.95. The molecule has 1 atom stereocenters. The first-order valence-corrected chi connectivity index (χ1v) is 5.62. The highest BCUT2D eigenvalue weighted by Gasteiger charge is 2.17. The maximum absolute atomic E-state index is 11.7. The Bertz CT molecular complexity index is 341. The summed E-state index contributed by atoms with van der Waals surface area (Å²) in [5.41, 5.74) is 2.39. The fraction of sp³-hybridized carbons (Fsp3) is 0.583. The Morgan fingerprint density at radius 1 is 1.53 bits per heavy atom. The van der Waals surface area contributed by atoms with Crippen LogP contribution in [0.2, 0.25) is 0 Å². The Morgan fingerprint density at radius 3 is 2.76 bits per heavy atom. The molecular weight excluding hydrogens is 220 g/mol. The summed E-state index contributed by atoms with van der Waals surface area (Å²) < 4.78 is 5.11. The molecule has 2 N–H and O–H groups in total. The third-order valence-corrected chi connectivity index (χ3v) is 1.95. The summed E-state index contributed by atoms with van der Waals surface area (Å²) in [5, 5.41) is 2.75. The van der Waals surface area contributed by atoms with E-state index in [0.717, 1.165) is 5.76 Å². The highest BCUT2D eigenvalue weighted by molar-refractivity contribution is 5.80. The van der Waals surface area contributed by atoms with Gasteiger partial charge < -0.3 is 9.73 Å². The van der Waals surface area contributed by atoms with E-state index in [-0.39, 0.29) is 11.5 Å². The van der Waals surface area contributed by atoms with Gasteiger partial charge in [-0.05, 0) is 39.8 Å². The summed E-state index contributed by atoms with van der Waals surface area (Å²) in [5.74, 6) is 0.591. The molecule has 0 spiro atoms. The van der Waals surface area contributed by atoms with Crippen LogP contribution in [-0.2, 0) is 16.2 Å². The molecule has 0 bridgehead atoms. The van der Waals surface area contributed by atoms with Gasteiger partial charge in [-0.3, -0.25) is 9.63 Å². The van der Waals surface area contributed by atoms with E-state index in [1.807, 2.05) is 26.8 Å². The number of carbonyl (C=O) groups is 1. The Morgan fingerprint density at radius 2 is 2.24 bits per heavy atom. The Labute approximate surface area is 101 Å². The number of furan rings is 1. The van der Waals surface area contributed by atoms with Gasteiger partial charge in [0.2, 0.25) is 5.91 Å². The third kappa shape index (κ3) is 5.51. The Balaban J connectivity index is 2.27. The average molecular weight is 240 g/mol. The SMILES string of the molecule is CC(NOC(C)(C)C)C(=O)NCc1ccco1. The van der Waals surface area contributed by atoms with Crippen LogP contribution in [0.5, 0.6) is 0 Å². The smallest absolute Gasteiger partial charge is 0.239 e. The number of hydrogen-bond donors (Lipinski definition) is 2. The standard InChI is InChI=1S/C12H20N2O3/c1-9(14-17-12(2,3)4)11(15)13-8-10-6-5-7-16-10/h5-7,9,14H,8H2,1-4H3,(H,13,15). The van der Waals surface area contributed by atoms with Crippen molar-refractivity contribution in [3.05, 3.63) is 24.2 Å². The van der Waals surface area contributed by atoms with Crippen molar-refractivity contribution in [1.82, 2.24) is 10.8 Å². The molecule has 0 aliphatic heterocycles. The minimum Gasteiger partial charge on any atom is -0.467 e. The van der Waals surface area contributed by atoms with E-state index >= 15 is 0 Å². The Hall–Kier alpha value is -1.33. The fourth-order valence-electron chi connectivity index (χ4n) is 1.06. The topological polar surface area (TPSA) is 63.5 Å². The lowest BCUT2D eigenvalue weighted by Crippen LogP contribution is -2.44. The van der Waals surface area contributed by atoms with Crippen LogP contribution in [-0.4, -0.2) is 17.6 Å². The highest BCUT2D eigenvalue weighted by atomic mass is 16.7. The van der Waals surface area contributed by atoms with E-state index < -0.39 is 6.04 Å². The zero-order valence-electron chi connectivity index (χ0n) is 10.7. The van der Waals surface area contributed by atoms with E-state index in [1.54, 1.807) is 19.3 Å². The molecule has 1 amide bonds. The van der Waals surface area contributed by atoms with Gasteiger partial charge in [-0.15, -0.1) is 0 Å². The molecule has 0 aliphatic carbocycles. The van der Waals surface area contributed by atoms with Crippen LogP contribution in [0.3, 0.4) is 0 Å². The molecule has 1 aromatic heterocycles. The quantitative estimate of drug-likeness (QED) is 0.767. The molecule has 5 heteroatoms. The number of carbonyl (C=O) groups excluding carboxylic acids is 1. The molecule has 0 saturated carbocycles. The molecule has 0 fully saturated rings. The van der Waals surface area contributed by atoms with Gasteiger partial charge in [0.15, 0.2) is 0 Å². The van der Waals surface area contributed by atoms with Crippen molar-refractivity contribution in [2.24, 2.45) is 0 Å². The van der Waals surface area contributed by atoms with Gasteiger partial charge in [0.1, 0.15) is 11.8 Å². The van der Waals surface area contributed by atoms with Crippen molar-refractivity contribution in [1.29, 1.82) is 0 Å². The largest absolute Gasteiger partial charge is 0.467 e. The predicted octanol–water partition coefficient (Wildman–Crippen LogP) is 1.60. The number of amides is 1. The minimum atomic E-state index is -0.413. The number of hydrogen-bond acceptors (Lipinski definition) is 4. The monoisotopic (exact) mass is 240 g/mol. The molecule has 0 saturated heterocycles. The summed E-state index contributed by atoms with van der Waals surface area (Å²) >= 11 is 0. The van der Waals surface area contributed by atoms with Crippen LogP contribution in [0.1, 0.15) is 33.5 Å². The van der Waals surface area contributed by atoms with Crippen LogP contribution in [0.4, 0.5) is 0 Å². The lowest BCUT2D eigenvalue weighted by Gasteiger charge is -2.22. The minimum absolute atomic E-state index is 0.134. The molecular formula is C12H20N2O3. The molecule has 1 unspecified atom stereocenters. The van der Waals surface area contributed by atoms with Gasteiger partial charge in [-0.25, -0.2) is 0 Å². The van der Waals surface area contributed by atoms with Crippen LogP contribution in [0, 0.1) is 0 Å². The Kier molecular flexibility index (Phi) is 4.72. The van der Waals surface area contributed by atoms with Gasteiger partial charge in [-0.2, -0.15) is 5.48 Å². The molecule has 0 aromatic carbocycles. The first-order chi connectivity index (χ1) is 7.88. The fourth-order valence-corrected chi connectivity index (χ4v) is 1.06. The van der Waals surface area contributed by atoms with Crippen LogP contribution in [0.15, 0.2) is 22.8 Å². The first kappa shape index (κ1) is 13.7. The van der Waals surface area contributed by atoms with Gasteiger partial charge in [0.05, 0.1) is 18.4 Å².